The summed E-state index contributed by atoms with van der Waals surface area (Å²) < 4.78 is 0. The molecule has 1 aromatic carbocycles. The molecule has 1 heterocycles. The third-order valence-electron chi connectivity index (χ3n) is 3.61. The molecule has 1 fully saturated rings. The first-order valence-corrected chi connectivity index (χ1v) is 5.76. The molecule has 1 aliphatic carbocycles. The molecule has 0 atom stereocenters. The third-order valence-corrected chi connectivity index (χ3v) is 3.61. The van der Waals surface area contributed by atoms with E-state index in [1.807, 2.05) is 30.5 Å². The zero-order valence-electron chi connectivity index (χ0n) is 9.39. The lowest BCUT2D eigenvalue weighted by Gasteiger charge is -2.11. The number of carboxylic acids is 1. The maximum absolute atomic E-state index is 11.2. The molecule has 0 unspecified atom stereocenters. The molecule has 1 aromatic heterocycles. The molecule has 1 saturated carbocycles. The topological polar surface area (TPSA) is 50.2 Å². The molecule has 0 bridgehead atoms. The van der Waals surface area contributed by atoms with Gasteiger partial charge in [-0.2, -0.15) is 0 Å². The van der Waals surface area contributed by atoms with Gasteiger partial charge in [0.15, 0.2) is 0 Å². The van der Waals surface area contributed by atoms with E-state index >= 15 is 0 Å². The van der Waals surface area contributed by atoms with Gasteiger partial charge >= 0.3 is 5.97 Å². The van der Waals surface area contributed by atoms with Crippen LogP contribution in [0.5, 0.6) is 0 Å². The molecule has 1 aliphatic rings. The van der Waals surface area contributed by atoms with Gasteiger partial charge in [-0.3, -0.25) is 9.78 Å². The van der Waals surface area contributed by atoms with E-state index in [2.05, 4.69) is 4.98 Å². The predicted molar refractivity (Wildman–Crippen MR) is 64.7 cm³/mol. The number of hydrogen-bond acceptors (Lipinski definition) is 2. The van der Waals surface area contributed by atoms with Crippen LogP contribution in [0.1, 0.15) is 18.4 Å². The van der Waals surface area contributed by atoms with Crippen molar-refractivity contribution in [1.82, 2.24) is 4.98 Å². The van der Waals surface area contributed by atoms with Crippen LogP contribution in [0.4, 0.5) is 0 Å². The normalized spacial score (nSPS) is 16.9. The minimum atomic E-state index is -0.663. The van der Waals surface area contributed by atoms with E-state index in [1.54, 1.807) is 6.20 Å². The van der Waals surface area contributed by atoms with Gasteiger partial charge in [-0.25, -0.2) is 0 Å². The molecular weight excluding hydrogens is 214 g/mol. The smallest absolute Gasteiger partial charge is 0.309 e. The van der Waals surface area contributed by atoms with Crippen LogP contribution in [-0.4, -0.2) is 16.1 Å². The van der Waals surface area contributed by atoms with Gasteiger partial charge in [0.2, 0.25) is 0 Å². The summed E-state index contributed by atoms with van der Waals surface area (Å²) in [7, 11) is 0. The highest BCUT2D eigenvalue weighted by molar-refractivity contribution is 5.86. The quantitative estimate of drug-likeness (QED) is 0.876. The van der Waals surface area contributed by atoms with E-state index in [0.717, 1.165) is 29.2 Å². The first-order valence-electron chi connectivity index (χ1n) is 5.76. The lowest BCUT2D eigenvalue weighted by molar-refractivity contribution is -0.143. The Morgan fingerprint density at radius 1 is 1.35 bits per heavy atom. The van der Waals surface area contributed by atoms with Crippen molar-refractivity contribution < 1.29 is 9.90 Å². The van der Waals surface area contributed by atoms with E-state index in [0.29, 0.717) is 6.42 Å². The standard InChI is InChI=1S/C14H13NO2/c16-13(17)14(5-6-14)8-10-2-1-3-11-9-15-7-4-12(10)11/h1-4,7,9H,5-6,8H2,(H,16,17). The molecule has 3 rings (SSSR count). The van der Waals surface area contributed by atoms with E-state index in [4.69, 9.17) is 0 Å². The average Bonchev–Trinajstić information content (AvgIpc) is 3.11. The van der Waals surface area contributed by atoms with Crippen LogP contribution in [0, 0.1) is 5.41 Å². The van der Waals surface area contributed by atoms with Crippen molar-refractivity contribution in [1.29, 1.82) is 0 Å². The van der Waals surface area contributed by atoms with Crippen LogP contribution in [0.2, 0.25) is 0 Å². The van der Waals surface area contributed by atoms with Crippen molar-refractivity contribution in [3.63, 3.8) is 0 Å². The second kappa shape index (κ2) is 3.55. The fourth-order valence-electron chi connectivity index (χ4n) is 2.33. The highest BCUT2D eigenvalue weighted by atomic mass is 16.4. The monoisotopic (exact) mass is 227 g/mol. The third kappa shape index (κ3) is 1.68. The second-order valence-electron chi connectivity index (χ2n) is 4.78. The second-order valence-corrected chi connectivity index (χ2v) is 4.78. The first-order chi connectivity index (χ1) is 8.21. The number of benzene rings is 1. The maximum Gasteiger partial charge on any atom is 0.309 e. The highest BCUT2D eigenvalue weighted by Gasteiger charge is 2.50. The molecule has 17 heavy (non-hydrogen) atoms. The maximum atomic E-state index is 11.2. The minimum Gasteiger partial charge on any atom is -0.481 e. The summed E-state index contributed by atoms with van der Waals surface area (Å²) in [5, 5.41) is 11.4. The number of hydrogen-bond donors (Lipinski definition) is 1. The summed E-state index contributed by atoms with van der Waals surface area (Å²) in [6, 6.07) is 7.96. The van der Waals surface area contributed by atoms with Gasteiger partial charge in [-0.05, 0) is 36.3 Å². The van der Waals surface area contributed by atoms with Crippen molar-refractivity contribution in [2.24, 2.45) is 5.41 Å². The van der Waals surface area contributed by atoms with E-state index in [9.17, 15) is 9.90 Å². The Morgan fingerprint density at radius 3 is 2.88 bits per heavy atom. The Bertz CT molecular complexity index is 582. The summed E-state index contributed by atoms with van der Waals surface area (Å²) in [4.78, 5) is 15.3. The van der Waals surface area contributed by atoms with Crippen molar-refractivity contribution in [3.05, 3.63) is 42.2 Å². The number of aliphatic carboxylic acids is 1. The van der Waals surface area contributed by atoms with Gasteiger partial charge in [-0.1, -0.05) is 18.2 Å². The van der Waals surface area contributed by atoms with Crippen LogP contribution < -0.4 is 0 Å². The van der Waals surface area contributed by atoms with Crippen LogP contribution in [-0.2, 0) is 11.2 Å². The molecule has 2 aromatic rings. The minimum absolute atomic E-state index is 0.502. The molecule has 0 spiro atoms. The van der Waals surface area contributed by atoms with E-state index in [1.165, 1.54) is 0 Å². The van der Waals surface area contributed by atoms with Gasteiger partial charge in [0.05, 0.1) is 5.41 Å². The summed E-state index contributed by atoms with van der Waals surface area (Å²) in [6.07, 6.45) is 5.79. The highest BCUT2D eigenvalue weighted by Crippen LogP contribution is 2.49. The van der Waals surface area contributed by atoms with Gasteiger partial charge in [0.1, 0.15) is 0 Å². The average molecular weight is 227 g/mol. The summed E-state index contributed by atoms with van der Waals surface area (Å²) >= 11 is 0. The van der Waals surface area contributed by atoms with Crippen molar-refractivity contribution in [3.8, 4) is 0 Å². The molecule has 3 nitrogen and oxygen atoms in total. The Kier molecular flexibility index (Phi) is 2.15. The van der Waals surface area contributed by atoms with Gasteiger partial charge in [0.25, 0.3) is 0 Å². The molecule has 0 amide bonds. The van der Waals surface area contributed by atoms with Gasteiger partial charge in [-0.15, -0.1) is 0 Å². The lowest BCUT2D eigenvalue weighted by Crippen LogP contribution is -2.17. The molecule has 3 heteroatoms. The fourth-order valence-corrected chi connectivity index (χ4v) is 2.33. The molecule has 1 N–H and O–H groups in total. The van der Waals surface area contributed by atoms with Crippen LogP contribution in [0.25, 0.3) is 10.8 Å². The predicted octanol–water partition coefficient (Wildman–Crippen LogP) is 2.64. The number of carboxylic acid groups (broad SMARTS) is 1. The molecular formula is C14H13NO2. The fraction of sp³-hybridized carbons (Fsp3) is 0.286. The number of carbonyl (C=O) groups is 1. The largest absolute Gasteiger partial charge is 0.481 e. The zero-order valence-corrected chi connectivity index (χ0v) is 9.39. The number of rotatable bonds is 3. The van der Waals surface area contributed by atoms with Crippen molar-refractivity contribution in [2.75, 3.05) is 0 Å². The van der Waals surface area contributed by atoms with E-state index in [-0.39, 0.29) is 0 Å². The molecule has 0 radical (unpaired) electrons. The van der Waals surface area contributed by atoms with Gasteiger partial charge in [0, 0.05) is 17.8 Å². The number of pyridine rings is 1. The van der Waals surface area contributed by atoms with Crippen molar-refractivity contribution >= 4 is 16.7 Å². The number of nitrogens with zero attached hydrogens (tertiary/aromatic N) is 1. The number of fused-ring (bicyclic) bond motifs is 1. The van der Waals surface area contributed by atoms with Gasteiger partial charge < -0.3 is 5.11 Å². The Hall–Kier alpha value is -1.90. The Balaban J connectivity index is 2.04. The summed E-state index contributed by atoms with van der Waals surface area (Å²) in [5.74, 6) is -0.663. The number of aromatic nitrogens is 1. The van der Waals surface area contributed by atoms with Crippen LogP contribution in [0.15, 0.2) is 36.7 Å². The van der Waals surface area contributed by atoms with Crippen LogP contribution >= 0.6 is 0 Å². The summed E-state index contributed by atoms with van der Waals surface area (Å²) in [5.41, 5.74) is 0.613. The molecule has 0 aliphatic heterocycles. The first kappa shape index (κ1) is 10.3. The molecule has 86 valence electrons. The van der Waals surface area contributed by atoms with Crippen molar-refractivity contribution in [2.45, 2.75) is 19.3 Å². The Morgan fingerprint density at radius 2 is 2.18 bits per heavy atom. The Labute approximate surface area is 99.1 Å². The summed E-state index contributed by atoms with van der Waals surface area (Å²) in [6.45, 7) is 0. The van der Waals surface area contributed by atoms with Crippen LogP contribution in [0.3, 0.4) is 0 Å². The lowest BCUT2D eigenvalue weighted by atomic mass is 9.93. The van der Waals surface area contributed by atoms with E-state index < -0.39 is 11.4 Å². The zero-order chi connectivity index (χ0) is 11.9. The SMILES string of the molecule is O=C(O)C1(Cc2cccc3cnccc23)CC1. The molecule has 0 saturated heterocycles.